The van der Waals surface area contributed by atoms with Crippen LogP contribution in [0.15, 0.2) is 47.1 Å². The fourth-order valence-corrected chi connectivity index (χ4v) is 4.10. The quantitative estimate of drug-likeness (QED) is 0.650. The number of carbonyl (C=O) groups excluding carboxylic acids is 2. The molecular formula is C22H20N4O5. The van der Waals surface area contributed by atoms with Gasteiger partial charge >= 0.3 is 6.09 Å². The number of aromatic nitrogens is 2. The van der Waals surface area contributed by atoms with E-state index >= 15 is 0 Å². The standard InChI is InChI=1S/C22H20N4O5/c1-12(28)23-10-21-20-7-15-6-13(3-5-19(15)26(20)22(29)30-21)14-2-4-17(24-9-14)18-8-16(11-27)31-25-18/h2-6,8-9,20-21,27H,7,10-11H2,1H3,(H,23,28)/t20-,21+/m1/s1. The van der Waals surface area contributed by atoms with Crippen LogP contribution in [0.1, 0.15) is 18.2 Å². The first-order valence-corrected chi connectivity index (χ1v) is 9.94. The molecule has 0 radical (unpaired) electrons. The molecule has 3 aromatic rings. The molecule has 2 atom stereocenters. The van der Waals surface area contributed by atoms with Gasteiger partial charge in [-0.2, -0.15) is 0 Å². The zero-order valence-electron chi connectivity index (χ0n) is 16.7. The van der Waals surface area contributed by atoms with E-state index in [1.807, 2.05) is 24.3 Å². The van der Waals surface area contributed by atoms with Gasteiger partial charge in [0.1, 0.15) is 18.4 Å². The third-order valence-corrected chi connectivity index (χ3v) is 5.60. The first-order valence-electron chi connectivity index (χ1n) is 9.94. The number of hydrogen-bond donors (Lipinski definition) is 2. The number of amides is 2. The van der Waals surface area contributed by atoms with Crippen molar-refractivity contribution in [2.24, 2.45) is 0 Å². The van der Waals surface area contributed by atoms with Gasteiger partial charge in [-0.15, -0.1) is 0 Å². The average molecular weight is 420 g/mol. The topological polar surface area (TPSA) is 118 Å². The number of anilines is 1. The Labute approximate surface area is 177 Å². The van der Waals surface area contributed by atoms with Gasteiger partial charge in [0.15, 0.2) is 5.76 Å². The van der Waals surface area contributed by atoms with Crippen molar-refractivity contribution in [1.82, 2.24) is 15.5 Å². The molecular weight excluding hydrogens is 400 g/mol. The molecule has 9 nitrogen and oxygen atoms in total. The molecule has 0 aliphatic carbocycles. The number of carbonyl (C=O) groups is 2. The number of nitrogens with zero attached hydrogens (tertiary/aromatic N) is 3. The minimum atomic E-state index is -0.382. The number of aliphatic hydroxyl groups excluding tert-OH is 1. The molecule has 31 heavy (non-hydrogen) atoms. The first-order chi connectivity index (χ1) is 15.0. The molecule has 0 saturated carbocycles. The van der Waals surface area contributed by atoms with E-state index in [4.69, 9.17) is 14.4 Å². The Morgan fingerprint density at radius 2 is 2.06 bits per heavy atom. The highest BCUT2D eigenvalue weighted by molar-refractivity contribution is 5.94. The van der Waals surface area contributed by atoms with Crippen LogP contribution in [0.4, 0.5) is 10.5 Å². The van der Waals surface area contributed by atoms with Crippen LogP contribution < -0.4 is 10.2 Å². The Bertz CT molecular complexity index is 1160. The lowest BCUT2D eigenvalue weighted by Crippen LogP contribution is -2.40. The highest BCUT2D eigenvalue weighted by Gasteiger charge is 2.47. The number of ether oxygens (including phenoxy) is 1. The summed E-state index contributed by atoms with van der Waals surface area (Å²) < 4.78 is 10.5. The summed E-state index contributed by atoms with van der Waals surface area (Å²) in [5.41, 5.74) is 5.03. The van der Waals surface area contributed by atoms with E-state index in [9.17, 15) is 9.59 Å². The highest BCUT2D eigenvalue weighted by atomic mass is 16.6. The fraction of sp³-hybridized carbons (Fsp3) is 0.273. The van der Waals surface area contributed by atoms with Crippen LogP contribution >= 0.6 is 0 Å². The van der Waals surface area contributed by atoms with E-state index in [-0.39, 0.29) is 30.8 Å². The van der Waals surface area contributed by atoms with Gasteiger partial charge in [-0.25, -0.2) is 4.79 Å². The maximum absolute atomic E-state index is 12.4. The van der Waals surface area contributed by atoms with Crippen molar-refractivity contribution in [2.45, 2.75) is 32.1 Å². The third-order valence-electron chi connectivity index (χ3n) is 5.60. The van der Waals surface area contributed by atoms with Gasteiger partial charge in [0, 0.05) is 24.8 Å². The van der Waals surface area contributed by atoms with Crippen molar-refractivity contribution in [3.05, 3.63) is 53.9 Å². The van der Waals surface area contributed by atoms with Gasteiger partial charge in [-0.1, -0.05) is 17.3 Å². The third kappa shape index (κ3) is 3.42. The maximum Gasteiger partial charge on any atom is 0.415 e. The Hall–Kier alpha value is -3.72. The predicted octanol–water partition coefficient (Wildman–Crippen LogP) is 2.28. The monoisotopic (exact) mass is 420 g/mol. The zero-order chi connectivity index (χ0) is 21.5. The van der Waals surface area contributed by atoms with Gasteiger partial charge in [0.2, 0.25) is 5.91 Å². The van der Waals surface area contributed by atoms with Crippen LogP contribution in [-0.4, -0.2) is 45.9 Å². The van der Waals surface area contributed by atoms with E-state index in [0.29, 0.717) is 30.1 Å². The molecule has 1 saturated heterocycles. The molecule has 0 bridgehead atoms. The number of benzene rings is 1. The van der Waals surface area contributed by atoms with E-state index < -0.39 is 0 Å². The molecule has 1 fully saturated rings. The van der Waals surface area contributed by atoms with Gasteiger partial charge in [0.05, 0.1) is 24.0 Å². The normalized spacial score (nSPS) is 19.2. The van der Waals surface area contributed by atoms with Crippen LogP contribution in [-0.2, 0) is 22.6 Å². The number of pyridine rings is 1. The Morgan fingerprint density at radius 3 is 2.77 bits per heavy atom. The first kappa shape index (κ1) is 19.3. The molecule has 0 unspecified atom stereocenters. The highest BCUT2D eigenvalue weighted by Crippen LogP contribution is 2.40. The molecule has 2 aromatic heterocycles. The van der Waals surface area contributed by atoms with Crippen LogP contribution in [0.3, 0.4) is 0 Å². The van der Waals surface area contributed by atoms with E-state index in [1.165, 1.54) is 6.92 Å². The molecule has 2 N–H and O–H groups in total. The Balaban J connectivity index is 1.37. The van der Waals surface area contributed by atoms with Crippen LogP contribution in [0.2, 0.25) is 0 Å². The molecule has 4 heterocycles. The maximum atomic E-state index is 12.4. The fourth-order valence-electron chi connectivity index (χ4n) is 4.10. The lowest BCUT2D eigenvalue weighted by molar-refractivity contribution is -0.119. The Kier molecular flexibility index (Phi) is 4.67. The van der Waals surface area contributed by atoms with Crippen LogP contribution in [0.5, 0.6) is 0 Å². The van der Waals surface area contributed by atoms with E-state index in [2.05, 4.69) is 21.5 Å². The molecule has 0 spiro atoms. The minimum absolute atomic E-state index is 0.127. The summed E-state index contributed by atoms with van der Waals surface area (Å²) in [6.45, 7) is 1.53. The second kappa shape index (κ2) is 7.51. The van der Waals surface area contributed by atoms with Crippen molar-refractivity contribution in [1.29, 1.82) is 0 Å². The summed E-state index contributed by atoms with van der Waals surface area (Å²) in [5.74, 6) is 0.233. The zero-order valence-corrected chi connectivity index (χ0v) is 16.7. The van der Waals surface area contributed by atoms with E-state index in [0.717, 1.165) is 22.4 Å². The molecule has 5 rings (SSSR count). The minimum Gasteiger partial charge on any atom is -0.442 e. The molecule has 1 aromatic carbocycles. The predicted molar refractivity (Wildman–Crippen MR) is 110 cm³/mol. The molecule has 2 aliphatic rings. The average Bonchev–Trinajstić information content (AvgIpc) is 3.47. The van der Waals surface area contributed by atoms with Crippen molar-refractivity contribution in [2.75, 3.05) is 11.4 Å². The lowest BCUT2D eigenvalue weighted by Gasteiger charge is -2.16. The summed E-state index contributed by atoms with van der Waals surface area (Å²) in [6.07, 6.45) is 1.66. The van der Waals surface area contributed by atoms with E-state index in [1.54, 1.807) is 17.2 Å². The smallest absolute Gasteiger partial charge is 0.415 e. The number of rotatable bonds is 5. The number of fused-ring (bicyclic) bond motifs is 3. The molecule has 9 heteroatoms. The largest absolute Gasteiger partial charge is 0.442 e. The number of hydrogen-bond acceptors (Lipinski definition) is 7. The number of nitrogens with one attached hydrogen (secondary N) is 1. The second-order valence-electron chi connectivity index (χ2n) is 7.61. The molecule has 158 valence electrons. The van der Waals surface area contributed by atoms with Crippen LogP contribution in [0.25, 0.3) is 22.5 Å². The molecule has 2 aliphatic heterocycles. The van der Waals surface area contributed by atoms with Crippen molar-refractivity contribution < 1.29 is 24.0 Å². The summed E-state index contributed by atoms with van der Waals surface area (Å²) in [6, 6.07) is 11.3. The summed E-state index contributed by atoms with van der Waals surface area (Å²) in [4.78, 5) is 29.7. The summed E-state index contributed by atoms with van der Waals surface area (Å²) in [7, 11) is 0. The van der Waals surface area contributed by atoms with Gasteiger partial charge in [0.25, 0.3) is 0 Å². The van der Waals surface area contributed by atoms with Gasteiger partial charge in [-0.3, -0.25) is 14.7 Å². The summed E-state index contributed by atoms with van der Waals surface area (Å²) in [5, 5.41) is 15.7. The second-order valence-corrected chi connectivity index (χ2v) is 7.61. The van der Waals surface area contributed by atoms with Crippen molar-refractivity contribution >= 4 is 17.7 Å². The number of aliphatic hydroxyl groups is 1. The molecule has 2 amide bonds. The van der Waals surface area contributed by atoms with Crippen molar-refractivity contribution in [3.63, 3.8) is 0 Å². The summed E-state index contributed by atoms with van der Waals surface area (Å²) >= 11 is 0. The van der Waals surface area contributed by atoms with Gasteiger partial charge < -0.3 is 19.7 Å². The van der Waals surface area contributed by atoms with Crippen molar-refractivity contribution in [3.8, 4) is 22.5 Å². The van der Waals surface area contributed by atoms with Gasteiger partial charge in [-0.05, 0) is 35.7 Å². The Morgan fingerprint density at radius 1 is 1.23 bits per heavy atom. The lowest BCUT2D eigenvalue weighted by atomic mass is 10.0. The number of cyclic esters (lactones) is 1. The van der Waals surface area contributed by atoms with Crippen LogP contribution in [0, 0.1) is 0 Å². The SMILES string of the molecule is CC(=O)NC[C@@H]1OC(=O)N2c3ccc(-c4ccc(-c5cc(CO)on5)nc4)cc3C[C@H]12.